The van der Waals surface area contributed by atoms with Crippen molar-refractivity contribution in [3.05, 3.63) is 97.5 Å². The minimum Gasteiger partial charge on any atom is -0.457 e. The second-order valence-electron chi connectivity index (χ2n) is 9.89. The first-order valence-electron chi connectivity index (χ1n) is 13.5. The monoisotopic (exact) mass is 546 g/mol. The Labute approximate surface area is 237 Å². The van der Waals surface area contributed by atoms with Crippen LogP contribution in [-0.2, 0) is 4.79 Å². The molecule has 0 aliphatic carbocycles. The zero-order valence-corrected chi connectivity index (χ0v) is 22.7. The van der Waals surface area contributed by atoms with Gasteiger partial charge in [0.1, 0.15) is 35.2 Å². The van der Waals surface area contributed by atoms with E-state index in [1.54, 1.807) is 12.3 Å². The standard InChI is InChI=1S/C31H30N8O2/c1-37(26-10-5-6-17-33-26)18-7-11-27(40)38-19-16-23(20-38)39-31-28(30(32)34-21-35-31)29(36-39)22-12-14-25(15-13-22)41-24-8-3-2-4-9-24/h2-15,17,21,23H,16,18-20H2,1H3,(H2,32,34,35). The van der Waals surface area contributed by atoms with Gasteiger partial charge in [-0.25, -0.2) is 19.6 Å². The molecule has 1 amide bonds. The molecule has 0 bridgehead atoms. The Morgan fingerprint density at radius 2 is 1.80 bits per heavy atom. The summed E-state index contributed by atoms with van der Waals surface area (Å²) in [7, 11) is 1.95. The highest BCUT2D eigenvalue weighted by Crippen LogP contribution is 2.35. The average molecular weight is 547 g/mol. The third kappa shape index (κ3) is 5.58. The lowest BCUT2D eigenvalue weighted by atomic mass is 10.1. The van der Waals surface area contributed by atoms with E-state index in [2.05, 4.69) is 15.0 Å². The van der Waals surface area contributed by atoms with Gasteiger partial charge in [0.25, 0.3) is 0 Å². The minimum absolute atomic E-state index is 0.0262. The lowest BCUT2D eigenvalue weighted by molar-refractivity contribution is -0.125. The second kappa shape index (κ2) is 11.5. The number of benzene rings is 2. The molecule has 5 aromatic rings. The zero-order chi connectivity index (χ0) is 28.2. The minimum atomic E-state index is -0.0326. The van der Waals surface area contributed by atoms with Gasteiger partial charge >= 0.3 is 0 Å². The quantitative estimate of drug-likeness (QED) is 0.278. The van der Waals surface area contributed by atoms with Crippen LogP contribution in [0.1, 0.15) is 12.5 Å². The molecule has 0 spiro atoms. The third-order valence-electron chi connectivity index (χ3n) is 7.13. The Bertz CT molecular complexity index is 1670. The molecule has 2 aromatic carbocycles. The number of pyridine rings is 1. The Kier molecular flexibility index (Phi) is 7.27. The summed E-state index contributed by atoms with van der Waals surface area (Å²) in [6.07, 6.45) is 7.47. The molecule has 1 aliphatic heterocycles. The van der Waals surface area contributed by atoms with E-state index in [4.69, 9.17) is 15.6 Å². The van der Waals surface area contributed by atoms with Crippen molar-refractivity contribution in [1.29, 1.82) is 0 Å². The highest BCUT2D eigenvalue weighted by Gasteiger charge is 2.30. The van der Waals surface area contributed by atoms with Gasteiger partial charge < -0.3 is 20.3 Å². The smallest absolute Gasteiger partial charge is 0.246 e. The van der Waals surface area contributed by atoms with Gasteiger partial charge in [0, 0.05) is 44.5 Å². The van der Waals surface area contributed by atoms with Crippen molar-refractivity contribution >= 4 is 28.6 Å². The first-order valence-corrected chi connectivity index (χ1v) is 13.5. The largest absolute Gasteiger partial charge is 0.457 e. The van der Waals surface area contributed by atoms with E-state index in [0.717, 1.165) is 29.3 Å². The first-order chi connectivity index (χ1) is 20.1. The van der Waals surface area contributed by atoms with Crippen molar-refractivity contribution in [1.82, 2.24) is 29.6 Å². The summed E-state index contributed by atoms with van der Waals surface area (Å²) in [6.45, 7) is 1.74. The Balaban J connectivity index is 1.18. The van der Waals surface area contributed by atoms with Gasteiger partial charge in [0.05, 0.1) is 11.4 Å². The number of hydrogen-bond acceptors (Lipinski definition) is 8. The van der Waals surface area contributed by atoms with Crippen molar-refractivity contribution in [2.75, 3.05) is 37.3 Å². The third-order valence-corrected chi connectivity index (χ3v) is 7.13. The summed E-state index contributed by atoms with van der Waals surface area (Å²) >= 11 is 0. The molecule has 10 heteroatoms. The van der Waals surface area contributed by atoms with E-state index < -0.39 is 0 Å². The van der Waals surface area contributed by atoms with Crippen molar-refractivity contribution < 1.29 is 9.53 Å². The van der Waals surface area contributed by atoms with Crippen LogP contribution in [0.2, 0.25) is 0 Å². The number of para-hydroxylation sites is 1. The van der Waals surface area contributed by atoms with Gasteiger partial charge in [0.2, 0.25) is 5.91 Å². The predicted octanol–water partition coefficient (Wildman–Crippen LogP) is 4.73. The zero-order valence-electron chi connectivity index (χ0n) is 22.7. The van der Waals surface area contributed by atoms with Crippen molar-refractivity contribution in [3.8, 4) is 22.8 Å². The highest BCUT2D eigenvalue weighted by atomic mass is 16.5. The fourth-order valence-electron chi connectivity index (χ4n) is 4.99. The number of amides is 1. The molecule has 1 saturated heterocycles. The Hall–Kier alpha value is -5.25. The van der Waals surface area contributed by atoms with Crippen molar-refractivity contribution in [3.63, 3.8) is 0 Å². The van der Waals surface area contributed by atoms with Crippen LogP contribution in [0, 0.1) is 0 Å². The number of carbonyl (C=O) groups is 1. The maximum absolute atomic E-state index is 13.0. The van der Waals surface area contributed by atoms with Crippen LogP contribution in [0.4, 0.5) is 11.6 Å². The molecule has 206 valence electrons. The number of carbonyl (C=O) groups excluding carboxylic acids is 1. The van der Waals surface area contributed by atoms with E-state index in [9.17, 15) is 4.79 Å². The van der Waals surface area contributed by atoms with Crippen LogP contribution in [0.25, 0.3) is 22.3 Å². The lowest BCUT2D eigenvalue weighted by Crippen LogP contribution is -2.28. The van der Waals surface area contributed by atoms with E-state index in [1.165, 1.54) is 6.33 Å². The maximum atomic E-state index is 13.0. The Morgan fingerprint density at radius 3 is 2.59 bits per heavy atom. The van der Waals surface area contributed by atoms with E-state index in [-0.39, 0.29) is 11.9 Å². The molecule has 41 heavy (non-hydrogen) atoms. The van der Waals surface area contributed by atoms with Crippen LogP contribution in [0.15, 0.2) is 97.5 Å². The number of nitrogens with zero attached hydrogens (tertiary/aromatic N) is 7. The molecular weight excluding hydrogens is 516 g/mol. The molecule has 1 atom stereocenters. The van der Waals surface area contributed by atoms with Crippen LogP contribution in [0.3, 0.4) is 0 Å². The van der Waals surface area contributed by atoms with Crippen molar-refractivity contribution in [2.45, 2.75) is 12.5 Å². The molecule has 1 unspecified atom stereocenters. The average Bonchev–Trinajstić information content (AvgIpc) is 3.65. The summed E-state index contributed by atoms with van der Waals surface area (Å²) in [5.41, 5.74) is 8.56. The summed E-state index contributed by atoms with van der Waals surface area (Å²) < 4.78 is 7.83. The predicted molar refractivity (Wildman–Crippen MR) is 159 cm³/mol. The maximum Gasteiger partial charge on any atom is 0.246 e. The van der Waals surface area contributed by atoms with Crippen LogP contribution < -0.4 is 15.4 Å². The number of anilines is 2. The molecule has 3 aromatic heterocycles. The Morgan fingerprint density at radius 1 is 1.02 bits per heavy atom. The molecule has 0 saturated carbocycles. The van der Waals surface area contributed by atoms with Gasteiger partial charge in [-0.1, -0.05) is 30.3 Å². The number of nitrogen functional groups attached to an aromatic ring is 1. The van der Waals surface area contributed by atoms with E-state index in [1.807, 2.05) is 100 Å². The molecule has 10 nitrogen and oxygen atoms in total. The summed E-state index contributed by atoms with van der Waals surface area (Å²) in [5.74, 6) is 2.68. The van der Waals surface area contributed by atoms with Gasteiger partial charge in [0.15, 0.2) is 5.65 Å². The number of likely N-dealkylation sites (tertiary alicyclic amines) is 1. The molecular formula is C31H30N8O2. The van der Waals surface area contributed by atoms with Crippen LogP contribution in [0.5, 0.6) is 11.5 Å². The fraction of sp³-hybridized carbons (Fsp3) is 0.194. The highest BCUT2D eigenvalue weighted by molar-refractivity contribution is 5.98. The number of likely N-dealkylation sites (N-methyl/N-ethyl adjacent to an activating group) is 1. The molecule has 1 aliphatic rings. The van der Waals surface area contributed by atoms with Gasteiger partial charge in [-0.3, -0.25) is 4.79 Å². The summed E-state index contributed by atoms with van der Waals surface area (Å²) in [5, 5.41) is 5.65. The topological polar surface area (TPSA) is 115 Å². The first kappa shape index (κ1) is 26.0. The van der Waals surface area contributed by atoms with Crippen LogP contribution in [-0.4, -0.2) is 62.2 Å². The molecule has 2 N–H and O–H groups in total. The normalized spacial score (nSPS) is 15.0. The van der Waals surface area contributed by atoms with Crippen molar-refractivity contribution in [2.24, 2.45) is 0 Å². The summed E-state index contributed by atoms with van der Waals surface area (Å²) in [6, 6.07) is 23.1. The number of ether oxygens (including phenoxy) is 1. The van der Waals surface area contributed by atoms with E-state index in [0.29, 0.717) is 42.2 Å². The molecule has 0 radical (unpaired) electrons. The number of rotatable bonds is 8. The fourth-order valence-corrected chi connectivity index (χ4v) is 4.99. The van der Waals surface area contributed by atoms with Gasteiger partial charge in [-0.15, -0.1) is 0 Å². The molecule has 1 fully saturated rings. The molecule has 6 rings (SSSR count). The van der Waals surface area contributed by atoms with Gasteiger partial charge in [-0.05, 0) is 55.0 Å². The SMILES string of the molecule is CN(CC=CC(=O)N1CCC(n2nc(-c3ccc(Oc4ccccc4)cc3)c3c(N)ncnc32)C1)c1ccccn1. The summed E-state index contributed by atoms with van der Waals surface area (Å²) in [4.78, 5) is 29.9. The number of fused-ring (bicyclic) bond motifs is 1. The lowest BCUT2D eigenvalue weighted by Gasteiger charge is -2.17. The number of aromatic nitrogens is 5. The van der Waals surface area contributed by atoms with E-state index >= 15 is 0 Å². The van der Waals surface area contributed by atoms with Gasteiger partial charge in [-0.2, -0.15) is 5.10 Å². The number of nitrogens with two attached hydrogens (primary N) is 1. The number of hydrogen-bond donors (Lipinski definition) is 1. The second-order valence-corrected chi connectivity index (χ2v) is 9.89. The van der Waals surface area contributed by atoms with Crippen LogP contribution >= 0.6 is 0 Å². The molecule has 4 heterocycles.